The Morgan fingerprint density at radius 3 is 2.69 bits per heavy atom. The fourth-order valence-corrected chi connectivity index (χ4v) is 1.20. The number of carboxylic acids is 1. The smallest absolute Gasteiger partial charge is 0.340 e. The number of aliphatic carboxylic acids is 1. The molecule has 0 spiro atoms. The molecule has 0 radical (unpaired) electrons. The molecule has 1 fully saturated rings. The third-order valence-electron chi connectivity index (χ3n) is 1.86. The predicted molar refractivity (Wildman–Crippen MR) is 38.7 cm³/mol. The molecule has 0 aliphatic carbocycles. The van der Waals surface area contributed by atoms with Crippen molar-refractivity contribution >= 4 is 5.97 Å². The summed E-state index contributed by atoms with van der Waals surface area (Å²) in [6, 6.07) is -1.22. The molecule has 7 heteroatoms. The van der Waals surface area contributed by atoms with Gasteiger partial charge in [0.2, 0.25) is 6.10 Å². The summed E-state index contributed by atoms with van der Waals surface area (Å²) in [6.07, 6.45) is -2.23. The number of methoxy groups -OCH3 is 1. The molecular weight excluding hydrogens is 182 g/mol. The lowest BCUT2D eigenvalue weighted by molar-refractivity contribution is -0.524. The normalized spacial score (nSPS) is 33.2. The second kappa shape index (κ2) is 3.67. The van der Waals surface area contributed by atoms with E-state index in [1.54, 1.807) is 0 Å². The molecule has 1 rings (SSSR count). The van der Waals surface area contributed by atoms with Gasteiger partial charge in [0.15, 0.2) is 6.29 Å². The van der Waals surface area contributed by atoms with Crippen LogP contribution in [0.25, 0.3) is 0 Å². The van der Waals surface area contributed by atoms with Gasteiger partial charge in [0, 0.05) is 12.0 Å². The van der Waals surface area contributed by atoms with Crippen LogP contribution < -0.4 is 0 Å². The molecule has 1 aliphatic heterocycles. The van der Waals surface area contributed by atoms with Crippen molar-refractivity contribution in [2.24, 2.45) is 0 Å². The second-order valence-corrected chi connectivity index (χ2v) is 2.65. The first-order valence-electron chi connectivity index (χ1n) is 3.60. The summed E-state index contributed by atoms with van der Waals surface area (Å²) in [6.45, 7) is 0. The second-order valence-electron chi connectivity index (χ2n) is 2.65. The first kappa shape index (κ1) is 9.87. The molecule has 13 heavy (non-hydrogen) atoms. The summed E-state index contributed by atoms with van der Waals surface area (Å²) in [4.78, 5) is 20.2. The largest absolute Gasteiger partial charge is 0.479 e. The van der Waals surface area contributed by atoms with E-state index in [0.29, 0.717) is 0 Å². The van der Waals surface area contributed by atoms with Crippen molar-refractivity contribution < 1.29 is 24.3 Å². The molecule has 0 saturated carbocycles. The Morgan fingerprint density at radius 2 is 2.38 bits per heavy atom. The molecule has 0 bridgehead atoms. The first-order chi connectivity index (χ1) is 6.06. The van der Waals surface area contributed by atoms with E-state index in [0.717, 1.165) is 0 Å². The number of nitrogens with zero attached hydrogens (tertiary/aromatic N) is 1. The first-order valence-corrected chi connectivity index (χ1v) is 3.60. The highest BCUT2D eigenvalue weighted by Crippen LogP contribution is 2.23. The summed E-state index contributed by atoms with van der Waals surface area (Å²) in [5.41, 5.74) is 0. The molecule has 0 aromatic carbocycles. The fourth-order valence-electron chi connectivity index (χ4n) is 1.20. The third kappa shape index (κ3) is 1.93. The SMILES string of the molecule is CO[C@H]1C[C@H]([N+](=O)[O-])[C@@H](C(=O)O)O1. The number of nitro groups is 1. The Balaban J connectivity index is 2.71. The van der Waals surface area contributed by atoms with Gasteiger partial charge < -0.3 is 14.6 Å². The molecule has 1 saturated heterocycles. The lowest BCUT2D eigenvalue weighted by Gasteiger charge is -2.07. The molecule has 0 aromatic rings. The van der Waals surface area contributed by atoms with Crippen molar-refractivity contribution in [1.82, 2.24) is 0 Å². The van der Waals surface area contributed by atoms with Crippen molar-refractivity contribution in [2.45, 2.75) is 24.9 Å². The number of hydrogen-bond acceptors (Lipinski definition) is 5. The van der Waals surface area contributed by atoms with E-state index in [1.165, 1.54) is 7.11 Å². The Labute approximate surface area is 73.4 Å². The summed E-state index contributed by atoms with van der Waals surface area (Å²) in [5.74, 6) is -1.33. The average Bonchev–Trinajstić information content (AvgIpc) is 2.47. The van der Waals surface area contributed by atoms with E-state index >= 15 is 0 Å². The molecular formula is C6H9NO6. The van der Waals surface area contributed by atoms with Crippen molar-refractivity contribution in [2.75, 3.05) is 7.11 Å². The molecule has 1 heterocycles. The molecule has 74 valence electrons. The van der Waals surface area contributed by atoms with Crippen molar-refractivity contribution in [1.29, 1.82) is 0 Å². The highest BCUT2D eigenvalue weighted by atomic mass is 16.7. The number of carboxylic acid groups (broad SMARTS) is 1. The summed E-state index contributed by atoms with van der Waals surface area (Å²) in [5, 5.41) is 18.9. The van der Waals surface area contributed by atoms with E-state index in [-0.39, 0.29) is 6.42 Å². The quantitative estimate of drug-likeness (QED) is 0.476. The molecule has 3 atom stereocenters. The fraction of sp³-hybridized carbons (Fsp3) is 0.833. The molecule has 0 aromatic heterocycles. The van der Waals surface area contributed by atoms with Gasteiger partial charge >= 0.3 is 5.97 Å². The lowest BCUT2D eigenvalue weighted by atomic mass is 10.1. The average molecular weight is 191 g/mol. The van der Waals surface area contributed by atoms with Gasteiger partial charge in [0.1, 0.15) is 0 Å². The van der Waals surface area contributed by atoms with Gasteiger partial charge in [-0.05, 0) is 0 Å². The standard InChI is InChI=1S/C6H9NO6/c1-12-4-2-3(7(10)11)5(13-4)6(8)9/h3-5H,2H2,1H3,(H,8,9)/t3-,4+,5-/m0/s1. The third-order valence-corrected chi connectivity index (χ3v) is 1.86. The Hall–Kier alpha value is -1.21. The zero-order valence-corrected chi connectivity index (χ0v) is 6.87. The minimum absolute atomic E-state index is 0.0273. The highest BCUT2D eigenvalue weighted by Gasteiger charge is 2.48. The molecule has 0 amide bonds. The number of carbonyl (C=O) groups is 1. The van der Waals surface area contributed by atoms with Crippen LogP contribution in [0.4, 0.5) is 0 Å². The summed E-state index contributed by atoms with van der Waals surface area (Å²) < 4.78 is 9.46. The topological polar surface area (TPSA) is 98.9 Å². The van der Waals surface area contributed by atoms with Crippen LogP contribution in [0.15, 0.2) is 0 Å². The number of rotatable bonds is 3. The van der Waals surface area contributed by atoms with Crippen molar-refractivity contribution in [3.63, 3.8) is 0 Å². The Kier molecular flexibility index (Phi) is 2.79. The van der Waals surface area contributed by atoms with Gasteiger partial charge in [0.25, 0.3) is 6.04 Å². The van der Waals surface area contributed by atoms with Crippen molar-refractivity contribution in [3.05, 3.63) is 10.1 Å². The van der Waals surface area contributed by atoms with E-state index in [1.807, 2.05) is 0 Å². The predicted octanol–water partition coefficient (Wildman–Crippen LogP) is -0.522. The minimum Gasteiger partial charge on any atom is -0.479 e. The zero-order valence-electron chi connectivity index (χ0n) is 6.87. The maximum absolute atomic E-state index is 10.5. The van der Waals surface area contributed by atoms with E-state index in [2.05, 4.69) is 4.74 Å². The molecule has 7 nitrogen and oxygen atoms in total. The van der Waals surface area contributed by atoms with Crippen LogP contribution in [0.2, 0.25) is 0 Å². The maximum Gasteiger partial charge on any atom is 0.340 e. The van der Waals surface area contributed by atoms with E-state index < -0.39 is 29.3 Å². The van der Waals surface area contributed by atoms with Gasteiger partial charge in [-0.2, -0.15) is 0 Å². The summed E-state index contributed by atoms with van der Waals surface area (Å²) >= 11 is 0. The minimum atomic E-state index is -1.40. The monoisotopic (exact) mass is 191 g/mol. The maximum atomic E-state index is 10.5. The van der Waals surface area contributed by atoms with Crippen LogP contribution in [-0.2, 0) is 14.3 Å². The molecule has 0 unspecified atom stereocenters. The molecule has 1 N–H and O–H groups in total. The molecule has 1 aliphatic rings. The van der Waals surface area contributed by atoms with Crippen LogP contribution in [-0.4, -0.2) is 41.5 Å². The van der Waals surface area contributed by atoms with Gasteiger partial charge in [-0.25, -0.2) is 4.79 Å². The van der Waals surface area contributed by atoms with Gasteiger partial charge in [-0.15, -0.1) is 0 Å². The van der Waals surface area contributed by atoms with E-state index in [9.17, 15) is 14.9 Å². The van der Waals surface area contributed by atoms with Gasteiger partial charge in [-0.3, -0.25) is 10.1 Å². The lowest BCUT2D eigenvalue weighted by Crippen LogP contribution is -2.35. The van der Waals surface area contributed by atoms with Crippen LogP contribution >= 0.6 is 0 Å². The highest BCUT2D eigenvalue weighted by molar-refractivity contribution is 5.73. The van der Waals surface area contributed by atoms with Gasteiger partial charge in [-0.1, -0.05) is 0 Å². The van der Waals surface area contributed by atoms with Gasteiger partial charge in [0.05, 0.1) is 6.42 Å². The number of hydrogen-bond donors (Lipinski definition) is 1. The Bertz CT molecular complexity index is 207. The van der Waals surface area contributed by atoms with E-state index in [4.69, 9.17) is 9.84 Å². The van der Waals surface area contributed by atoms with Crippen LogP contribution in [0, 0.1) is 10.1 Å². The van der Waals surface area contributed by atoms with Crippen LogP contribution in [0.3, 0.4) is 0 Å². The summed E-state index contributed by atoms with van der Waals surface area (Å²) in [7, 11) is 1.31. The number of ether oxygens (including phenoxy) is 2. The zero-order chi connectivity index (χ0) is 10.0. The van der Waals surface area contributed by atoms with Crippen LogP contribution in [0.5, 0.6) is 0 Å². The van der Waals surface area contributed by atoms with Crippen molar-refractivity contribution in [3.8, 4) is 0 Å². The van der Waals surface area contributed by atoms with Crippen LogP contribution in [0.1, 0.15) is 6.42 Å². The Morgan fingerprint density at radius 1 is 1.77 bits per heavy atom.